The SMILES string of the molecule is CC(C)(C)c1ccnc(-c2cc(C(C)(C)C)ccn2)c1.CC(C)(C)c1ccnc(-c2cc(C(C)(C)C)ccn2)c1.[Ru+3].c1csc(-c2ccc(-c3ccc(-c4nc5c6cccnc6c6ncccc6c5[nH]4)s3)s2)c1. The summed E-state index contributed by atoms with van der Waals surface area (Å²) in [6.45, 7) is 26.6. The quantitative estimate of drug-likeness (QED) is 0.135. The van der Waals surface area contributed by atoms with Gasteiger partial charge in [-0.2, -0.15) is 0 Å². The van der Waals surface area contributed by atoms with Crippen molar-refractivity contribution in [3.63, 3.8) is 0 Å². The Hall–Kier alpha value is -6.17. The first-order valence-corrected chi connectivity index (χ1v) is 26.8. The maximum Gasteiger partial charge on any atom is 3.00 e. The van der Waals surface area contributed by atoms with Crippen LogP contribution in [0.3, 0.4) is 0 Å². The molecule has 1 aromatic carbocycles. The molecule has 369 valence electrons. The average molecular weight is 1100 g/mol. The summed E-state index contributed by atoms with van der Waals surface area (Å²) in [4.78, 5) is 42.0. The minimum Gasteiger partial charge on any atom is -0.337 e. The van der Waals surface area contributed by atoms with Crippen molar-refractivity contribution in [2.45, 2.75) is 105 Å². The van der Waals surface area contributed by atoms with Gasteiger partial charge in [0.15, 0.2) is 0 Å². The van der Waals surface area contributed by atoms with Crippen molar-refractivity contribution in [2.75, 3.05) is 0 Å². The standard InChI is InChI=1S/C25H14N4S3.2C18H24N2.Ru/c1-4-14-21(26-11-1)22-15(5-2-12-27-22)24-23(14)28-25(29-24)20-10-9-19(32-20)18-8-7-17(31-18)16-6-3-13-30-16;2*1-17(2,3)13-7-9-19-15(11-13)16-12-14(8-10-20-16)18(4,5)6;/h1-13H,(H,28,29);2*7-12H,1-6H3;/q;;;+3. The fourth-order valence-corrected chi connectivity index (χ4v) is 11.1. The zero-order valence-corrected chi connectivity index (χ0v) is 47.8. The smallest absolute Gasteiger partial charge is 0.337 e. The molecule has 0 saturated heterocycles. The van der Waals surface area contributed by atoms with Crippen molar-refractivity contribution in [3.05, 3.63) is 174 Å². The van der Waals surface area contributed by atoms with Gasteiger partial charge < -0.3 is 4.98 Å². The van der Waals surface area contributed by atoms with Crippen LogP contribution >= 0.6 is 34.0 Å². The number of hydrogen-bond donors (Lipinski definition) is 1. The molecule has 12 heteroatoms. The van der Waals surface area contributed by atoms with Crippen LogP contribution in [0.1, 0.15) is 105 Å². The van der Waals surface area contributed by atoms with Crippen LogP contribution in [0.25, 0.3) is 85.8 Å². The molecule has 0 aliphatic carbocycles. The molecule has 0 aliphatic rings. The molecule has 0 bridgehead atoms. The molecule has 0 saturated carbocycles. The monoisotopic (exact) mass is 1100 g/mol. The van der Waals surface area contributed by atoms with Crippen LogP contribution in [0.5, 0.6) is 0 Å². The van der Waals surface area contributed by atoms with E-state index in [9.17, 15) is 0 Å². The predicted octanol–water partition coefficient (Wildman–Crippen LogP) is 17.3. The summed E-state index contributed by atoms with van der Waals surface area (Å²) in [5.74, 6) is 0.882. The molecule has 1 radical (unpaired) electrons. The van der Waals surface area contributed by atoms with E-state index in [-0.39, 0.29) is 41.1 Å². The Morgan fingerprint density at radius 2 is 0.753 bits per heavy atom. The summed E-state index contributed by atoms with van der Waals surface area (Å²) in [5, 5.41) is 4.19. The molecule has 8 nitrogen and oxygen atoms in total. The molecule has 73 heavy (non-hydrogen) atoms. The Labute approximate surface area is 454 Å². The number of nitrogens with one attached hydrogen (secondary N) is 1. The Morgan fingerprint density at radius 3 is 1.16 bits per heavy atom. The first kappa shape index (κ1) is 53.1. The Kier molecular flexibility index (Phi) is 15.5. The topological polar surface area (TPSA) is 106 Å². The second kappa shape index (κ2) is 21.4. The van der Waals surface area contributed by atoms with Gasteiger partial charge in [0.25, 0.3) is 0 Å². The first-order valence-electron chi connectivity index (χ1n) is 24.3. The maximum absolute atomic E-state index is 5.01. The summed E-state index contributed by atoms with van der Waals surface area (Å²) in [6, 6.07) is 38.0. The second-order valence-corrected chi connectivity index (χ2v) is 25.2. The Morgan fingerprint density at radius 1 is 0.370 bits per heavy atom. The third-order valence-electron chi connectivity index (χ3n) is 12.5. The minimum absolute atomic E-state index is 0. The minimum atomic E-state index is 0. The van der Waals surface area contributed by atoms with Gasteiger partial charge in [-0.1, -0.05) is 89.2 Å². The maximum atomic E-state index is 5.01. The van der Waals surface area contributed by atoms with Crippen molar-refractivity contribution < 1.29 is 19.5 Å². The molecule has 11 rings (SSSR count). The molecule has 10 aromatic heterocycles. The normalized spacial score (nSPS) is 12.0. The van der Waals surface area contributed by atoms with Crippen LogP contribution in [0.2, 0.25) is 0 Å². The third-order valence-corrected chi connectivity index (χ3v) is 16.0. The molecule has 0 amide bonds. The largest absolute Gasteiger partial charge is 3.00 e. The number of rotatable bonds is 5. The van der Waals surface area contributed by atoms with Gasteiger partial charge in [-0.3, -0.25) is 29.9 Å². The van der Waals surface area contributed by atoms with Crippen LogP contribution in [0.15, 0.2) is 152 Å². The van der Waals surface area contributed by atoms with E-state index in [0.717, 1.165) is 66.3 Å². The van der Waals surface area contributed by atoms with Crippen molar-refractivity contribution in [2.24, 2.45) is 0 Å². The zero-order chi connectivity index (χ0) is 51.0. The van der Waals surface area contributed by atoms with Crippen LogP contribution in [0, 0.1) is 0 Å². The summed E-state index contributed by atoms with van der Waals surface area (Å²) in [7, 11) is 0. The molecule has 0 spiro atoms. The van der Waals surface area contributed by atoms with Crippen molar-refractivity contribution in [1.82, 2.24) is 39.9 Å². The number of pyridine rings is 6. The summed E-state index contributed by atoms with van der Waals surface area (Å²) in [5.41, 5.74) is 13.2. The van der Waals surface area contributed by atoms with Gasteiger partial charge in [0.2, 0.25) is 0 Å². The van der Waals surface area contributed by atoms with Gasteiger partial charge >= 0.3 is 19.5 Å². The van der Waals surface area contributed by atoms with Gasteiger partial charge in [-0.25, -0.2) is 4.98 Å². The van der Waals surface area contributed by atoms with E-state index in [1.54, 1.807) is 22.7 Å². The van der Waals surface area contributed by atoms with Crippen LogP contribution in [-0.2, 0) is 41.1 Å². The summed E-state index contributed by atoms with van der Waals surface area (Å²) in [6.07, 6.45) is 11.1. The average Bonchev–Trinajstić information content (AvgIpc) is 4.22. The van der Waals surface area contributed by atoms with Gasteiger partial charge in [0, 0.05) is 67.5 Å². The number of hydrogen-bond acceptors (Lipinski definition) is 10. The number of nitrogens with zero attached hydrogens (tertiary/aromatic N) is 7. The van der Waals surface area contributed by atoms with Gasteiger partial charge in [-0.15, -0.1) is 34.0 Å². The summed E-state index contributed by atoms with van der Waals surface area (Å²) < 4.78 is 0. The molecule has 1 N–H and O–H groups in total. The Balaban J connectivity index is 0.000000153. The number of H-pyrrole nitrogens is 1. The van der Waals surface area contributed by atoms with E-state index in [4.69, 9.17) is 4.98 Å². The second-order valence-electron chi connectivity index (χ2n) is 22.1. The van der Waals surface area contributed by atoms with E-state index < -0.39 is 0 Å². The van der Waals surface area contributed by atoms with E-state index in [1.807, 2.05) is 60.7 Å². The molecule has 0 atom stereocenters. The zero-order valence-electron chi connectivity index (χ0n) is 43.6. The Bertz CT molecular complexity index is 3360. The van der Waals surface area contributed by atoms with Gasteiger partial charge in [0.1, 0.15) is 5.82 Å². The van der Waals surface area contributed by atoms with Crippen molar-refractivity contribution >= 4 is 66.8 Å². The van der Waals surface area contributed by atoms with E-state index >= 15 is 0 Å². The van der Waals surface area contributed by atoms with Crippen molar-refractivity contribution in [1.29, 1.82) is 0 Å². The molecule has 11 aromatic rings. The van der Waals surface area contributed by atoms with E-state index in [1.165, 1.54) is 41.8 Å². The van der Waals surface area contributed by atoms with Crippen LogP contribution in [-0.4, -0.2) is 39.9 Å². The number of fused-ring (bicyclic) bond motifs is 6. The van der Waals surface area contributed by atoms with Crippen LogP contribution in [0.4, 0.5) is 0 Å². The number of thiophene rings is 3. The fourth-order valence-electron chi connectivity index (χ4n) is 8.23. The molecular weight excluding hydrogens is 1040 g/mol. The van der Waals surface area contributed by atoms with Gasteiger partial charge in [0.05, 0.1) is 49.7 Å². The predicted molar refractivity (Wildman–Crippen MR) is 306 cm³/mol. The van der Waals surface area contributed by atoms with E-state index in [2.05, 4.69) is 220 Å². The molecule has 10 heterocycles. The number of imidazole rings is 1. The fraction of sp³-hybridized carbons (Fsp3) is 0.262. The van der Waals surface area contributed by atoms with Gasteiger partial charge in [-0.05, 0) is 152 Å². The first-order chi connectivity index (χ1) is 34.2. The molecule has 0 unspecified atom stereocenters. The summed E-state index contributed by atoms with van der Waals surface area (Å²) >= 11 is 5.38. The number of benzene rings is 1. The van der Waals surface area contributed by atoms with Crippen molar-refractivity contribution in [3.8, 4) is 53.0 Å². The molecule has 0 fully saturated rings. The molecule has 0 aliphatic heterocycles. The number of aromatic nitrogens is 8. The van der Waals surface area contributed by atoms with Crippen LogP contribution < -0.4 is 0 Å². The van der Waals surface area contributed by atoms with E-state index in [0.29, 0.717) is 0 Å². The third kappa shape index (κ3) is 12.1. The number of aromatic amines is 1. The molecular formula is C61H62N8RuS3+3.